The largest absolute Gasteiger partial charge is 0.352 e. The molecule has 2 fully saturated rings. The molecule has 4 rings (SSSR count). The van der Waals surface area contributed by atoms with Crippen LogP contribution < -0.4 is 5.32 Å². The average Bonchev–Trinajstić information content (AvgIpc) is 3.39. The van der Waals surface area contributed by atoms with Crippen molar-refractivity contribution in [1.82, 2.24) is 15.2 Å². The summed E-state index contributed by atoms with van der Waals surface area (Å²) in [6.07, 6.45) is 7.67. The van der Waals surface area contributed by atoms with E-state index < -0.39 is 0 Å². The quantitative estimate of drug-likeness (QED) is 0.835. The van der Waals surface area contributed by atoms with Crippen molar-refractivity contribution in [3.63, 3.8) is 0 Å². The molecule has 0 radical (unpaired) electrons. The molecule has 1 atom stereocenters. The summed E-state index contributed by atoms with van der Waals surface area (Å²) in [4.78, 5) is 32.0. The predicted molar refractivity (Wildman–Crippen MR) is 111 cm³/mol. The van der Waals surface area contributed by atoms with Crippen molar-refractivity contribution in [2.45, 2.75) is 63.5 Å². The van der Waals surface area contributed by atoms with E-state index in [1.54, 1.807) is 16.2 Å². The van der Waals surface area contributed by atoms with Gasteiger partial charge >= 0.3 is 0 Å². The number of likely N-dealkylation sites (tertiary alicyclic amines) is 1. The van der Waals surface area contributed by atoms with Gasteiger partial charge in [-0.15, -0.1) is 11.3 Å². The molecule has 1 aromatic heterocycles. The zero-order chi connectivity index (χ0) is 19.3. The van der Waals surface area contributed by atoms with Crippen LogP contribution in [0.3, 0.4) is 0 Å². The lowest BCUT2D eigenvalue weighted by molar-refractivity contribution is -0.138. The predicted octanol–water partition coefficient (Wildman–Crippen LogP) is 3.79. The fraction of sp³-hybridized carbons (Fsp3) is 0.500. The van der Waals surface area contributed by atoms with Gasteiger partial charge in [0.1, 0.15) is 11.0 Å². The molecule has 1 N–H and O–H groups in total. The highest BCUT2D eigenvalue weighted by Crippen LogP contribution is 2.25. The maximum absolute atomic E-state index is 12.9. The van der Waals surface area contributed by atoms with E-state index in [1.807, 2.05) is 35.7 Å². The molecule has 1 aromatic carbocycles. The number of nitrogens with zero attached hydrogens (tertiary/aromatic N) is 2. The van der Waals surface area contributed by atoms with Gasteiger partial charge in [0.05, 0.1) is 12.1 Å². The Hall–Kier alpha value is -2.21. The molecule has 28 heavy (non-hydrogen) atoms. The van der Waals surface area contributed by atoms with Crippen molar-refractivity contribution in [3.8, 4) is 10.6 Å². The van der Waals surface area contributed by atoms with Gasteiger partial charge in [-0.25, -0.2) is 4.98 Å². The van der Waals surface area contributed by atoms with Gasteiger partial charge in [-0.2, -0.15) is 0 Å². The van der Waals surface area contributed by atoms with E-state index in [0.717, 1.165) is 41.9 Å². The first-order valence-electron chi connectivity index (χ1n) is 10.3. The Balaban J connectivity index is 1.37. The highest BCUT2D eigenvalue weighted by molar-refractivity contribution is 7.13. The summed E-state index contributed by atoms with van der Waals surface area (Å²) in [5.74, 6) is 0.0345. The minimum atomic E-state index is -0.318. The molecular formula is C22H27N3O2S. The summed E-state index contributed by atoms with van der Waals surface area (Å²) < 4.78 is 0. The van der Waals surface area contributed by atoms with Gasteiger partial charge in [-0.3, -0.25) is 9.59 Å². The highest BCUT2D eigenvalue weighted by Gasteiger charge is 2.35. The van der Waals surface area contributed by atoms with Crippen LogP contribution in [0, 0.1) is 0 Å². The molecule has 148 valence electrons. The third-order valence-corrected chi connectivity index (χ3v) is 6.67. The molecule has 2 aliphatic rings. The molecule has 5 nitrogen and oxygen atoms in total. The first kappa shape index (κ1) is 19.1. The molecule has 0 unspecified atom stereocenters. The Morgan fingerprint density at radius 3 is 2.64 bits per heavy atom. The van der Waals surface area contributed by atoms with Crippen molar-refractivity contribution in [2.24, 2.45) is 0 Å². The van der Waals surface area contributed by atoms with Gasteiger partial charge in [-0.1, -0.05) is 49.6 Å². The highest BCUT2D eigenvalue weighted by atomic mass is 32.1. The molecule has 2 amide bonds. The van der Waals surface area contributed by atoms with Crippen LogP contribution >= 0.6 is 11.3 Å². The molecule has 2 aromatic rings. The third-order valence-electron chi connectivity index (χ3n) is 5.73. The molecule has 1 saturated heterocycles. The van der Waals surface area contributed by atoms with Crippen molar-refractivity contribution in [2.75, 3.05) is 6.54 Å². The molecular weight excluding hydrogens is 370 g/mol. The SMILES string of the molecule is O=C(NC1CCCCC1)[C@@H]1CCCN1C(=O)Cc1csc(-c2ccccc2)n1. The standard InChI is InChI=1S/C22H27N3O2S/c26-20(14-18-15-28-22(24-18)16-8-3-1-4-9-16)25-13-7-12-19(25)21(27)23-17-10-5-2-6-11-17/h1,3-4,8-9,15,17,19H,2,5-7,10-14H2,(H,23,27)/t19-/m0/s1. The van der Waals surface area contributed by atoms with Gasteiger partial charge in [0.2, 0.25) is 11.8 Å². The Morgan fingerprint density at radius 1 is 1.07 bits per heavy atom. The van der Waals surface area contributed by atoms with Crippen LogP contribution in [0.1, 0.15) is 50.6 Å². The lowest BCUT2D eigenvalue weighted by atomic mass is 9.95. The normalized spacial score (nSPS) is 20.3. The smallest absolute Gasteiger partial charge is 0.243 e. The Kier molecular flexibility index (Phi) is 6.05. The van der Waals surface area contributed by atoms with Gasteiger partial charge in [0, 0.05) is 23.5 Å². The summed E-state index contributed by atoms with van der Waals surface area (Å²) in [5, 5.41) is 6.07. The molecule has 1 aliphatic carbocycles. The summed E-state index contributed by atoms with van der Waals surface area (Å²) >= 11 is 1.56. The fourth-order valence-electron chi connectivity index (χ4n) is 4.24. The van der Waals surface area contributed by atoms with Crippen LogP contribution in [0.5, 0.6) is 0 Å². The van der Waals surface area contributed by atoms with Crippen LogP contribution in [0.4, 0.5) is 0 Å². The molecule has 6 heteroatoms. The number of benzene rings is 1. The van der Waals surface area contributed by atoms with Crippen molar-refractivity contribution in [3.05, 3.63) is 41.4 Å². The van der Waals surface area contributed by atoms with Crippen molar-refractivity contribution < 1.29 is 9.59 Å². The Morgan fingerprint density at radius 2 is 1.86 bits per heavy atom. The van der Waals surface area contributed by atoms with E-state index in [0.29, 0.717) is 6.54 Å². The summed E-state index contributed by atoms with van der Waals surface area (Å²) in [6, 6.07) is 9.97. The van der Waals surface area contributed by atoms with Gasteiger partial charge in [-0.05, 0) is 25.7 Å². The van der Waals surface area contributed by atoms with Crippen LogP contribution in [0.25, 0.3) is 10.6 Å². The number of amides is 2. The Labute approximate surface area is 170 Å². The number of hydrogen-bond acceptors (Lipinski definition) is 4. The monoisotopic (exact) mass is 397 g/mol. The first-order valence-corrected chi connectivity index (χ1v) is 11.2. The summed E-state index contributed by atoms with van der Waals surface area (Å²) in [6.45, 7) is 0.664. The molecule has 1 saturated carbocycles. The zero-order valence-electron chi connectivity index (χ0n) is 16.1. The number of aromatic nitrogens is 1. The number of hydrogen-bond donors (Lipinski definition) is 1. The van der Waals surface area contributed by atoms with Crippen LogP contribution in [-0.4, -0.2) is 40.3 Å². The number of nitrogens with one attached hydrogen (secondary N) is 1. The molecule has 0 spiro atoms. The number of carbonyl (C=O) groups excluding carboxylic acids is 2. The van der Waals surface area contributed by atoms with E-state index in [2.05, 4.69) is 10.3 Å². The minimum absolute atomic E-state index is 0.00575. The molecule has 1 aliphatic heterocycles. The van der Waals surface area contributed by atoms with Gasteiger partial charge in [0.15, 0.2) is 0 Å². The van der Waals surface area contributed by atoms with E-state index in [1.165, 1.54) is 19.3 Å². The van der Waals surface area contributed by atoms with E-state index >= 15 is 0 Å². The summed E-state index contributed by atoms with van der Waals surface area (Å²) in [5.41, 5.74) is 1.85. The maximum Gasteiger partial charge on any atom is 0.243 e. The topological polar surface area (TPSA) is 62.3 Å². The van der Waals surface area contributed by atoms with Gasteiger partial charge < -0.3 is 10.2 Å². The fourth-order valence-corrected chi connectivity index (χ4v) is 5.07. The minimum Gasteiger partial charge on any atom is -0.352 e. The van der Waals surface area contributed by atoms with E-state index in [4.69, 9.17) is 0 Å². The first-order chi connectivity index (χ1) is 13.7. The number of thiazole rings is 1. The van der Waals surface area contributed by atoms with Crippen LogP contribution in [0.15, 0.2) is 35.7 Å². The third kappa shape index (κ3) is 4.43. The van der Waals surface area contributed by atoms with Crippen LogP contribution in [0.2, 0.25) is 0 Å². The zero-order valence-corrected chi connectivity index (χ0v) is 16.9. The Bertz CT molecular complexity index is 814. The average molecular weight is 398 g/mol. The number of rotatable bonds is 5. The lowest BCUT2D eigenvalue weighted by Crippen LogP contribution is -2.49. The number of carbonyl (C=O) groups is 2. The van der Waals surface area contributed by atoms with E-state index in [-0.39, 0.29) is 30.3 Å². The molecule has 0 bridgehead atoms. The second kappa shape index (κ2) is 8.86. The summed E-state index contributed by atoms with van der Waals surface area (Å²) in [7, 11) is 0. The lowest BCUT2D eigenvalue weighted by Gasteiger charge is -2.28. The van der Waals surface area contributed by atoms with Crippen molar-refractivity contribution in [1.29, 1.82) is 0 Å². The van der Waals surface area contributed by atoms with Crippen LogP contribution in [-0.2, 0) is 16.0 Å². The van der Waals surface area contributed by atoms with E-state index in [9.17, 15) is 9.59 Å². The molecule has 2 heterocycles. The second-order valence-electron chi connectivity index (χ2n) is 7.78. The second-order valence-corrected chi connectivity index (χ2v) is 8.63. The maximum atomic E-state index is 12.9. The van der Waals surface area contributed by atoms with Gasteiger partial charge in [0.25, 0.3) is 0 Å². The van der Waals surface area contributed by atoms with Crippen molar-refractivity contribution >= 4 is 23.2 Å².